The third-order valence-electron chi connectivity index (χ3n) is 4.80. The van der Waals surface area contributed by atoms with E-state index in [4.69, 9.17) is 9.47 Å². The van der Waals surface area contributed by atoms with Crippen molar-refractivity contribution >= 4 is 12.0 Å². The number of rotatable bonds is 8. The molecule has 4 rings (SSSR count). The van der Waals surface area contributed by atoms with Crippen LogP contribution in [0.15, 0.2) is 59.7 Å². The summed E-state index contributed by atoms with van der Waals surface area (Å²) in [6, 6.07) is 15.1. The van der Waals surface area contributed by atoms with Crippen molar-refractivity contribution in [2.24, 2.45) is 4.99 Å². The summed E-state index contributed by atoms with van der Waals surface area (Å²) in [6.45, 7) is 3.82. The highest BCUT2D eigenvalue weighted by molar-refractivity contribution is 5.78. The maximum atomic E-state index is 9.40. The minimum absolute atomic E-state index is 0.242. The minimum atomic E-state index is 0.242. The molecule has 1 aliphatic heterocycles. The molecule has 1 saturated heterocycles. The standard InChI is InChI=1S/C23H25N5O3/c29-21-6-4-18(5-7-21)16-24-17-20-15-22(28-10-13-30-14-11-28)27-23(26-20)31-12-8-19-3-1-2-9-25-19/h1-7,9,15,17,29H,8,10-14,16H2. The molecule has 0 bridgehead atoms. The SMILES string of the molecule is Oc1ccc(CN=Cc2cc(N3CCOCC3)nc(OCCc3ccccn3)n2)cc1. The fraction of sp³-hybridized carbons (Fsp3) is 0.304. The molecule has 160 valence electrons. The van der Waals surface area contributed by atoms with Crippen LogP contribution in [-0.2, 0) is 17.7 Å². The maximum Gasteiger partial charge on any atom is 0.318 e. The summed E-state index contributed by atoms with van der Waals surface area (Å²) in [5, 5.41) is 9.40. The first kappa shape index (κ1) is 20.7. The molecule has 0 unspecified atom stereocenters. The lowest BCUT2D eigenvalue weighted by molar-refractivity contribution is 0.122. The number of nitrogens with zero attached hydrogens (tertiary/aromatic N) is 5. The number of benzene rings is 1. The van der Waals surface area contributed by atoms with Crippen molar-refractivity contribution in [1.29, 1.82) is 0 Å². The number of phenolic OH excluding ortho intramolecular Hbond substituents is 1. The molecular weight excluding hydrogens is 394 g/mol. The van der Waals surface area contributed by atoms with Gasteiger partial charge in [0, 0.05) is 43.7 Å². The number of aromatic hydroxyl groups is 1. The van der Waals surface area contributed by atoms with Crippen LogP contribution in [0.4, 0.5) is 5.82 Å². The normalized spacial score (nSPS) is 14.1. The Morgan fingerprint density at radius 2 is 1.94 bits per heavy atom. The summed E-state index contributed by atoms with van der Waals surface area (Å²) in [7, 11) is 0. The Morgan fingerprint density at radius 1 is 1.10 bits per heavy atom. The van der Waals surface area contributed by atoms with E-state index in [0.717, 1.165) is 30.2 Å². The van der Waals surface area contributed by atoms with Gasteiger partial charge >= 0.3 is 6.01 Å². The molecule has 8 heteroatoms. The second-order valence-electron chi connectivity index (χ2n) is 7.09. The van der Waals surface area contributed by atoms with Crippen molar-refractivity contribution in [2.75, 3.05) is 37.8 Å². The average molecular weight is 419 g/mol. The van der Waals surface area contributed by atoms with Gasteiger partial charge in [0.05, 0.1) is 32.1 Å². The van der Waals surface area contributed by atoms with Gasteiger partial charge in [0.2, 0.25) is 0 Å². The van der Waals surface area contributed by atoms with Crippen molar-refractivity contribution in [3.05, 3.63) is 71.7 Å². The molecule has 0 radical (unpaired) electrons. The molecule has 0 saturated carbocycles. The minimum Gasteiger partial charge on any atom is -0.508 e. The number of hydrogen-bond donors (Lipinski definition) is 1. The molecule has 2 aromatic heterocycles. The van der Waals surface area contributed by atoms with E-state index in [2.05, 4.69) is 24.8 Å². The topological polar surface area (TPSA) is 93.0 Å². The zero-order chi connectivity index (χ0) is 21.3. The van der Waals surface area contributed by atoms with Gasteiger partial charge in [0.25, 0.3) is 0 Å². The lowest BCUT2D eigenvalue weighted by Gasteiger charge is -2.28. The van der Waals surface area contributed by atoms with E-state index < -0.39 is 0 Å². The van der Waals surface area contributed by atoms with Crippen molar-refractivity contribution in [2.45, 2.75) is 13.0 Å². The van der Waals surface area contributed by atoms with Crippen LogP contribution in [0.3, 0.4) is 0 Å². The lowest BCUT2D eigenvalue weighted by Crippen LogP contribution is -2.37. The molecule has 1 N–H and O–H groups in total. The molecule has 0 amide bonds. The Balaban J connectivity index is 1.46. The van der Waals surface area contributed by atoms with E-state index in [1.807, 2.05) is 36.4 Å². The third-order valence-corrected chi connectivity index (χ3v) is 4.80. The predicted molar refractivity (Wildman–Crippen MR) is 118 cm³/mol. The Hall–Kier alpha value is -3.52. The number of anilines is 1. The molecule has 3 heterocycles. The van der Waals surface area contributed by atoms with Crippen LogP contribution < -0.4 is 9.64 Å². The molecule has 1 aromatic carbocycles. The second kappa shape index (κ2) is 10.5. The van der Waals surface area contributed by atoms with Crippen LogP contribution in [-0.4, -0.2) is 59.2 Å². The molecule has 3 aromatic rings. The summed E-state index contributed by atoms with van der Waals surface area (Å²) in [5.74, 6) is 1.04. The first-order valence-corrected chi connectivity index (χ1v) is 10.3. The summed E-state index contributed by atoms with van der Waals surface area (Å²) >= 11 is 0. The van der Waals surface area contributed by atoms with Crippen LogP contribution in [0.2, 0.25) is 0 Å². The Bertz CT molecular complexity index is 990. The highest BCUT2D eigenvalue weighted by Gasteiger charge is 2.15. The van der Waals surface area contributed by atoms with Gasteiger partial charge in [-0.05, 0) is 29.8 Å². The smallest absolute Gasteiger partial charge is 0.318 e. The number of ether oxygens (including phenoxy) is 2. The maximum absolute atomic E-state index is 9.40. The first-order valence-electron chi connectivity index (χ1n) is 10.3. The summed E-state index contributed by atoms with van der Waals surface area (Å²) in [6.07, 6.45) is 4.17. The zero-order valence-electron chi connectivity index (χ0n) is 17.2. The van der Waals surface area contributed by atoms with Gasteiger partial charge in [-0.3, -0.25) is 9.98 Å². The van der Waals surface area contributed by atoms with Crippen molar-refractivity contribution in [1.82, 2.24) is 15.0 Å². The average Bonchev–Trinajstić information content (AvgIpc) is 2.82. The molecule has 1 fully saturated rings. The number of pyridine rings is 1. The monoisotopic (exact) mass is 419 g/mol. The largest absolute Gasteiger partial charge is 0.508 e. The van der Waals surface area contributed by atoms with E-state index in [0.29, 0.717) is 44.5 Å². The van der Waals surface area contributed by atoms with Crippen LogP contribution in [0.5, 0.6) is 11.8 Å². The Morgan fingerprint density at radius 3 is 2.71 bits per heavy atom. The number of morpholine rings is 1. The highest BCUT2D eigenvalue weighted by atomic mass is 16.5. The van der Waals surface area contributed by atoms with E-state index in [9.17, 15) is 5.11 Å². The quantitative estimate of drug-likeness (QED) is 0.561. The molecular formula is C23H25N5O3. The van der Waals surface area contributed by atoms with E-state index in [1.165, 1.54) is 0 Å². The molecule has 31 heavy (non-hydrogen) atoms. The first-order chi connectivity index (χ1) is 15.3. The second-order valence-corrected chi connectivity index (χ2v) is 7.09. The fourth-order valence-corrected chi connectivity index (χ4v) is 3.15. The molecule has 1 aliphatic rings. The third kappa shape index (κ3) is 6.23. The zero-order valence-corrected chi connectivity index (χ0v) is 17.2. The Labute approximate surface area is 181 Å². The summed E-state index contributed by atoms with van der Waals surface area (Å²) < 4.78 is 11.3. The van der Waals surface area contributed by atoms with Crippen molar-refractivity contribution in [3.8, 4) is 11.8 Å². The molecule has 0 aliphatic carbocycles. The molecule has 0 atom stereocenters. The molecule has 8 nitrogen and oxygen atoms in total. The van der Waals surface area contributed by atoms with Crippen molar-refractivity contribution < 1.29 is 14.6 Å². The number of phenols is 1. The molecule has 0 spiro atoms. The van der Waals surface area contributed by atoms with Gasteiger partial charge in [-0.2, -0.15) is 9.97 Å². The van der Waals surface area contributed by atoms with Crippen molar-refractivity contribution in [3.63, 3.8) is 0 Å². The van der Waals surface area contributed by atoms with Gasteiger partial charge in [-0.15, -0.1) is 0 Å². The van der Waals surface area contributed by atoms with Crippen LogP contribution >= 0.6 is 0 Å². The van der Waals surface area contributed by atoms with Crippen LogP contribution in [0, 0.1) is 0 Å². The fourth-order valence-electron chi connectivity index (χ4n) is 3.15. The summed E-state index contributed by atoms with van der Waals surface area (Å²) in [5.41, 5.74) is 2.65. The van der Waals surface area contributed by atoms with E-state index in [1.54, 1.807) is 24.5 Å². The van der Waals surface area contributed by atoms with Crippen LogP contribution in [0.1, 0.15) is 17.0 Å². The van der Waals surface area contributed by atoms with Gasteiger partial charge < -0.3 is 19.5 Å². The van der Waals surface area contributed by atoms with E-state index >= 15 is 0 Å². The van der Waals surface area contributed by atoms with Gasteiger partial charge in [0.1, 0.15) is 11.6 Å². The number of aromatic nitrogens is 3. The number of aliphatic imine (C=N–C) groups is 1. The summed E-state index contributed by atoms with van der Waals surface area (Å²) in [4.78, 5) is 20.1. The van der Waals surface area contributed by atoms with Crippen LogP contribution in [0.25, 0.3) is 0 Å². The predicted octanol–water partition coefficient (Wildman–Crippen LogP) is 2.65. The van der Waals surface area contributed by atoms with Gasteiger partial charge in [-0.25, -0.2) is 0 Å². The lowest BCUT2D eigenvalue weighted by atomic mass is 10.2. The highest BCUT2D eigenvalue weighted by Crippen LogP contribution is 2.18. The van der Waals surface area contributed by atoms with Gasteiger partial charge in [-0.1, -0.05) is 18.2 Å². The van der Waals surface area contributed by atoms with E-state index in [-0.39, 0.29) is 5.75 Å². The van der Waals surface area contributed by atoms with Gasteiger partial charge in [0.15, 0.2) is 0 Å². The number of hydrogen-bond acceptors (Lipinski definition) is 8. The Kier molecular flexibility index (Phi) is 7.02.